The summed E-state index contributed by atoms with van der Waals surface area (Å²) in [5, 5.41) is 9.20. The Morgan fingerprint density at radius 2 is 2.09 bits per heavy atom. The average Bonchev–Trinajstić information content (AvgIpc) is 3.08. The molecule has 128 valence electrons. The Morgan fingerprint density at radius 3 is 2.78 bits per heavy atom. The number of methoxy groups -OCH3 is 2. The third kappa shape index (κ3) is 5.32. The van der Waals surface area contributed by atoms with E-state index >= 15 is 0 Å². The van der Waals surface area contributed by atoms with E-state index in [9.17, 15) is 4.79 Å². The molecule has 0 aromatic heterocycles. The van der Waals surface area contributed by atoms with E-state index in [1.807, 2.05) is 18.2 Å². The highest BCUT2D eigenvalue weighted by molar-refractivity contribution is 5.73. The molecule has 0 radical (unpaired) electrons. The molecule has 23 heavy (non-hydrogen) atoms. The Hall–Kier alpha value is -1.95. The van der Waals surface area contributed by atoms with E-state index in [0.29, 0.717) is 31.3 Å². The topological polar surface area (TPSA) is 71.6 Å². The van der Waals surface area contributed by atoms with Crippen molar-refractivity contribution in [3.63, 3.8) is 0 Å². The highest BCUT2D eigenvalue weighted by Crippen LogP contribution is 2.30. The minimum Gasteiger partial charge on any atom is -0.493 e. The summed E-state index contributed by atoms with van der Waals surface area (Å²) >= 11 is 0. The maximum Gasteiger partial charge on any atom is 0.314 e. The maximum atomic E-state index is 11.8. The quantitative estimate of drug-likeness (QED) is 0.681. The fourth-order valence-electron chi connectivity index (χ4n) is 2.89. The Labute approximate surface area is 137 Å². The molecule has 1 fully saturated rings. The van der Waals surface area contributed by atoms with Gasteiger partial charge in [-0.15, -0.1) is 0 Å². The van der Waals surface area contributed by atoms with Gasteiger partial charge in [-0.1, -0.05) is 12.1 Å². The molecule has 0 bridgehead atoms. The van der Waals surface area contributed by atoms with Crippen molar-refractivity contribution in [3.05, 3.63) is 23.8 Å². The summed E-state index contributed by atoms with van der Waals surface area (Å²) in [6, 6.07) is 6.19. The molecule has 1 aliphatic rings. The molecule has 1 heterocycles. The number of carbonyl (C=O) groups excluding carboxylic acids is 1. The van der Waals surface area contributed by atoms with Gasteiger partial charge in [-0.3, -0.25) is 0 Å². The second-order valence-corrected chi connectivity index (χ2v) is 5.67. The highest BCUT2D eigenvalue weighted by atomic mass is 16.5. The molecule has 1 aromatic carbocycles. The number of hydrogen-bond acceptors (Lipinski definition) is 4. The Kier molecular flexibility index (Phi) is 7.00. The van der Waals surface area contributed by atoms with Crippen molar-refractivity contribution >= 4 is 6.03 Å². The van der Waals surface area contributed by atoms with E-state index in [4.69, 9.17) is 9.47 Å². The number of para-hydroxylation sites is 1. The van der Waals surface area contributed by atoms with Gasteiger partial charge in [0.2, 0.25) is 0 Å². The molecule has 1 saturated heterocycles. The fraction of sp³-hybridized carbons (Fsp3) is 0.588. The van der Waals surface area contributed by atoms with E-state index in [-0.39, 0.29) is 6.03 Å². The second-order valence-electron chi connectivity index (χ2n) is 5.67. The first kappa shape index (κ1) is 17.4. The molecule has 0 aliphatic carbocycles. The van der Waals surface area contributed by atoms with Crippen LogP contribution in [-0.4, -0.2) is 45.9 Å². The van der Waals surface area contributed by atoms with Gasteiger partial charge in [0.1, 0.15) is 0 Å². The van der Waals surface area contributed by atoms with Crippen LogP contribution in [0, 0.1) is 0 Å². The van der Waals surface area contributed by atoms with Gasteiger partial charge in [0.05, 0.1) is 14.2 Å². The number of hydrogen-bond donors (Lipinski definition) is 3. The highest BCUT2D eigenvalue weighted by Gasteiger charge is 2.13. The molecule has 2 rings (SSSR count). The number of urea groups is 1. The standard InChI is InChI=1S/C17H27N3O3/c1-22-15-7-3-5-13(16(15)23-2)8-11-19-17(21)20-12-9-14-6-4-10-18-14/h3,5,7,14,18H,4,6,8-12H2,1-2H3,(H2,19,20,21)/t14-/m1/s1. The summed E-state index contributed by atoms with van der Waals surface area (Å²) in [6.45, 7) is 2.35. The van der Waals surface area contributed by atoms with Crippen LogP contribution in [-0.2, 0) is 6.42 Å². The summed E-state index contributed by atoms with van der Waals surface area (Å²) in [5.41, 5.74) is 1.02. The van der Waals surface area contributed by atoms with Gasteiger partial charge in [0, 0.05) is 19.1 Å². The third-order valence-corrected chi connectivity index (χ3v) is 4.11. The summed E-state index contributed by atoms with van der Waals surface area (Å²) in [6.07, 6.45) is 4.12. The minimum atomic E-state index is -0.121. The smallest absolute Gasteiger partial charge is 0.314 e. The zero-order chi connectivity index (χ0) is 16.5. The molecule has 1 aromatic rings. The van der Waals surface area contributed by atoms with Gasteiger partial charge in [-0.25, -0.2) is 4.79 Å². The van der Waals surface area contributed by atoms with Crippen LogP contribution in [0.3, 0.4) is 0 Å². The van der Waals surface area contributed by atoms with Crippen LogP contribution >= 0.6 is 0 Å². The molecule has 0 spiro atoms. The van der Waals surface area contributed by atoms with Gasteiger partial charge in [0.25, 0.3) is 0 Å². The summed E-state index contributed by atoms with van der Waals surface area (Å²) in [7, 11) is 3.24. The van der Waals surface area contributed by atoms with E-state index in [2.05, 4.69) is 16.0 Å². The van der Waals surface area contributed by atoms with Crippen molar-refractivity contribution in [2.45, 2.75) is 31.7 Å². The van der Waals surface area contributed by atoms with Crippen LogP contribution in [0.4, 0.5) is 4.79 Å². The summed E-state index contributed by atoms with van der Waals surface area (Å²) in [5.74, 6) is 1.43. The Morgan fingerprint density at radius 1 is 1.26 bits per heavy atom. The van der Waals surface area contributed by atoms with Gasteiger partial charge in [-0.2, -0.15) is 0 Å². The minimum absolute atomic E-state index is 0.121. The van der Waals surface area contributed by atoms with E-state index < -0.39 is 0 Å². The van der Waals surface area contributed by atoms with E-state index in [1.165, 1.54) is 12.8 Å². The molecular formula is C17H27N3O3. The van der Waals surface area contributed by atoms with Crippen molar-refractivity contribution < 1.29 is 14.3 Å². The number of carbonyl (C=O) groups is 1. The lowest BCUT2D eigenvalue weighted by Gasteiger charge is -2.13. The van der Waals surface area contributed by atoms with Gasteiger partial charge in [0.15, 0.2) is 11.5 Å². The van der Waals surface area contributed by atoms with Gasteiger partial charge < -0.3 is 25.4 Å². The van der Waals surface area contributed by atoms with Crippen LogP contribution in [0.1, 0.15) is 24.8 Å². The number of rotatable bonds is 8. The third-order valence-electron chi connectivity index (χ3n) is 4.11. The Balaban J connectivity index is 1.68. The molecule has 3 N–H and O–H groups in total. The van der Waals surface area contributed by atoms with Crippen LogP contribution in [0.15, 0.2) is 18.2 Å². The molecular weight excluding hydrogens is 294 g/mol. The Bertz CT molecular complexity index is 502. The molecule has 1 atom stereocenters. The lowest BCUT2D eigenvalue weighted by Crippen LogP contribution is -2.38. The SMILES string of the molecule is COc1cccc(CCNC(=O)NCC[C@H]2CCCN2)c1OC. The molecule has 0 saturated carbocycles. The van der Waals surface area contributed by atoms with Gasteiger partial charge >= 0.3 is 6.03 Å². The van der Waals surface area contributed by atoms with Crippen molar-refractivity contribution in [2.75, 3.05) is 33.9 Å². The molecule has 1 aliphatic heterocycles. The monoisotopic (exact) mass is 321 g/mol. The number of benzene rings is 1. The normalized spacial score (nSPS) is 16.9. The zero-order valence-electron chi connectivity index (χ0n) is 14.0. The van der Waals surface area contributed by atoms with Crippen LogP contribution in [0.2, 0.25) is 0 Å². The summed E-state index contributed by atoms with van der Waals surface area (Å²) < 4.78 is 10.7. The lowest BCUT2D eigenvalue weighted by molar-refractivity contribution is 0.240. The van der Waals surface area contributed by atoms with Crippen LogP contribution in [0.25, 0.3) is 0 Å². The first-order valence-electron chi connectivity index (χ1n) is 8.19. The zero-order valence-corrected chi connectivity index (χ0v) is 14.0. The maximum absolute atomic E-state index is 11.8. The van der Waals surface area contributed by atoms with Gasteiger partial charge in [-0.05, 0) is 43.9 Å². The predicted octanol–water partition coefficient (Wildman–Crippen LogP) is 1.69. The molecule has 6 heteroatoms. The number of ether oxygens (including phenoxy) is 2. The van der Waals surface area contributed by atoms with Crippen molar-refractivity contribution in [1.82, 2.24) is 16.0 Å². The van der Waals surface area contributed by atoms with Crippen LogP contribution in [0.5, 0.6) is 11.5 Å². The molecule has 6 nitrogen and oxygen atoms in total. The first-order chi connectivity index (χ1) is 11.2. The van der Waals surface area contributed by atoms with Crippen LogP contribution < -0.4 is 25.4 Å². The lowest BCUT2D eigenvalue weighted by atomic mass is 10.1. The number of amides is 2. The average molecular weight is 321 g/mol. The van der Waals surface area contributed by atoms with Crippen molar-refractivity contribution in [1.29, 1.82) is 0 Å². The summed E-state index contributed by atoms with van der Waals surface area (Å²) in [4.78, 5) is 11.8. The second kappa shape index (κ2) is 9.25. The largest absolute Gasteiger partial charge is 0.493 e. The van der Waals surface area contributed by atoms with E-state index in [1.54, 1.807) is 14.2 Å². The fourth-order valence-corrected chi connectivity index (χ4v) is 2.89. The van der Waals surface area contributed by atoms with E-state index in [0.717, 1.165) is 24.3 Å². The molecule has 0 unspecified atom stereocenters. The van der Waals surface area contributed by atoms with Crippen molar-refractivity contribution in [3.8, 4) is 11.5 Å². The first-order valence-corrected chi connectivity index (χ1v) is 8.19. The molecule has 2 amide bonds. The van der Waals surface area contributed by atoms with Crippen molar-refractivity contribution in [2.24, 2.45) is 0 Å². The number of nitrogens with one attached hydrogen (secondary N) is 3. The predicted molar refractivity (Wildman–Crippen MR) is 90.3 cm³/mol.